The van der Waals surface area contributed by atoms with Gasteiger partial charge in [-0.05, 0) is 36.4 Å². The van der Waals surface area contributed by atoms with Gasteiger partial charge in [0, 0.05) is 18.3 Å². The van der Waals surface area contributed by atoms with Crippen molar-refractivity contribution in [3.8, 4) is 23.1 Å². The van der Waals surface area contributed by atoms with Crippen molar-refractivity contribution in [2.24, 2.45) is 7.05 Å². The first kappa shape index (κ1) is 17.2. The Balaban J connectivity index is 1.58. The van der Waals surface area contributed by atoms with Crippen molar-refractivity contribution in [3.63, 3.8) is 0 Å². The molecule has 4 aromatic rings. The molecule has 0 unspecified atom stereocenters. The summed E-state index contributed by atoms with van der Waals surface area (Å²) in [7, 11) is 1.88. The van der Waals surface area contributed by atoms with Gasteiger partial charge in [-0.15, -0.1) is 5.10 Å². The lowest BCUT2D eigenvalue weighted by Gasteiger charge is -2.07. The van der Waals surface area contributed by atoms with Crippen molar-refractivity contribution in [2.75, 3.05) is 5.32 Å². The number of aromatic nitrogens is 5. The maximum absolute atomic E-state index is 12.6. The van der Waals surface area contributed by atoms with Crippen LogP contribution in [0.4, 0.5) is 5.69 Å². The number of nitrogens with one attached hydrogen (secondary N) is 1. The number of rotatable bonds is 4. The van der Waals surface area contributed by atoms with Gasteiger partial charge in [0.05, 0.1) is 41.7 Å². The summed E-state index contributed by atoms with van der Waals surface area (Å²) in [5.41, 5.74) is 3.75. The van der Waals surface area contributed by atoms with E-state index in [1.165, 1.54) is 0 Å². The number of imidazole rings is 1. The first-order chi connectivity index (χ1) is 13.6. The number of anilines is 1. The first-order valence-electron chi connectivity index (χ1n) is 8.45. The van der Waals surface area contributed by atoms with Gasteiger partial charge in [-0.2, -0.15) is 5.26 Å². The van der Waals surface area contributed by atoms with Crippen molar-refractivity contribution in [2.45, 2.75) is 0 Å². The molecule has 2 heterocycles. The highest BCUT2D eigenvalue weighted by Gasteiger charge is 2.11. The molecule has 2 aromatic heterocycles. The van der Waals surface area contributed by atoms with Crippen LogP contribution in [0.25, 0.3) is 17.1 Å². The van der Waals surface area contributed by atoms with Crippen LogP contribution in [0.3, 0.4) is 0 Å². The number of hydrogen-bond donors (Lipinski definition) is 1. The molecule has 0 bridgehead atoms. The fourth-order valence-electron chi connectivity index (χ4n) is 2.77. The van der Waals surface area contributed by atoms with Crippen molar-refractivity contribution in [3.05, 3.63) is 78.4 Å². The Morgan fingerprint density at radius 1 is 1.18 bits per heavy atom. The summed E-state index contributed by atoms with van der Waals surface area (Å²) in [6.45, 7) is 0. The molecule has 28 heavy (non-hydrogen) atoms. The van der Waals surface area contributed by atoms with Gasteiger partial charge in [0.1, 0.15) is 5.69 Å². The monoisotopic (exact) mass is 369 g/mol. The standard InChI is InChI=1S/C20H15N7O/c1-26-13-22-11-19(26)18-12-27(25-24-18)17-7-3-5-15(9-17)20(28)23-16-6-2-4-14(8-16)10-21/h2-9,11-13H,1H3,(H,23,28). The Hall–Kier alpha value is -4.25. The molecule has 0 aliphatic heterocycles. The lowest BCUT2D eigenvalue weighted by molar-refractivity contribution is 0.102. The van der Waals surface area contributed by atoms with Crippen LogP contribution in [-0.2, 0) is 7.05 Å². The number of nitrogens with zero attached hydrogens (tertiary/aromatic N) is 6. The number of amides is 1. The lowest BCUT2D eigenvalue weighted by atomic mass is 10.1. The SMILES string of the molecule is Cn1cncc1-c1cn(-c2cccc(C(=O)Nc3cccc(C#N)c3)c2)nn1. The van der Waals surface area contributed by atoms with Crippen LogP contribution in [0, 0.1) is 11.3 Å². The molecular formula is C20H15N7O. The van der Waals surface area contributed by atoms with Gasteiger partial charge in [0.2, 0.25) is 0 Å². The maximum Gasteiger partial charge on any atom is 0.255 e. The Kier molecular flexibility index (Phi) is 4.40. The van der Waals surface area contributed by atoms with Gasteiger partial charge in [-0.1, -0.05) is 17.3 Å². The van der Waals surface area contributed by atoms with Crippen molar-refractivity contribution in [1.82, 2.24) is 24.5 Å². The van der Waals surface area contributed by atoms with Gasteiger partial charge in [-0.25, -0.2) is 9.67 Å². The topological polar surface area (TPSA) is 101 Å². The van der Waals surface area contributed by atoms with Gasteiger partial charge in [0.25, 0.3) is 5.91 Å². The fourth-order valence-corrected chi connectivity index (χ4v) is 2.77. The van der Waals surface area contributed by atoms with Crippen LogP contribution in [-0.4, -0.2) is 30.5 Å². The molecule has 0 saturated heterocycles. The summed E-state index contributed by atoms with van der Waals surface area (Å²) < 4.78 is 3.46. The van der Waals surface area contributed by atoms with Crippen molar-refractivity contribution < 1.29 is 4.79 Å². The van der Waals surface area contributed by atoms with E-state index >= 15 is 0 Å². The largest absolute Gasteiger partial charge is 0.332 e. The molecule has 0 aliphatic carbocycles. The smallest absolute Gasteiger partial charge is 0.255 e. The summed E-state index contributed by atoms with van der Waals surface area (Å²) >= 11 is 0. The minimum absolute atomic E-state index is 0.274. The van der Waals surface area contributed by atoms with E-state index in [9.17, 15) is 4.79 Å². The van der Waals surface area contributed by atoms with Crippen LogP contribution in [0.5, 0.6) is 0 Å². The Morgan fingerprint density at radius 2 is 2.04 bits per heavy atom. The van der Waals surface area contributed by atoms with Crippen LogP contribution in [0.15, 0.2) is 67.3 Å². The zero-order valence-corrected chi connectivity index (χ0v) is 14.9. The van der Waals surface area contributed by atoms with E-state index in [-0.39, 0.29) is 5.91 Å². The highest BCUT2D eigenvalue weighted by atomic mass is 16.1. The van der Waals surface area contributed by atoms with Gasteiger partial charge in [-0.3, -0.25) is 4.79 Å². The molecule has 4 rings (SSSR count). The maximum atomic E-state index is 12.6. The second kappa shape index (κ2) is 7.17. The van der Waals surface area contributed by atoms with Gasteiger partial charge in [0.15, 0.2) is 0 Å². The Labute approximate surface area is 160 Å². The number of aryl methyl sites for hydroxylation is 1. The summed E-state index contributed by atoms with van der Waals surface area (Å²) in [5, 5.41) is 20.1. The summed E-state index contributed by atoms with van der Waals surface area (Å²) in [6.07, 6.45) is 5.19. The third-order valence-electron chi connectivity index (χ3n) is 4.19. The number of benzene rings is 2. The summed E-state index contributed by atoms with van der Waals surface area (Å²) in [5.74, 6) is -0.274. The van der Waals surface area contributed by atoms with Crippen molar-refractivity contribution in [1.29, 1.82) is 5.26 Å². The minimum atomic E-state index is -0.274. The third kappa shape index (κ3) is 3.37. The molecule has 0 spiro atoms. The lowest BCUT2D eigenvalue weighted by Crippen LogP contribution is -2.12. The van der Waals surface area contributed by atoms with Crippen LogP contribution in [0.2, 0.25) is 0 Å². The van der Waals surface area contributed by atoms with E-state index in [0.717, 1.165) is 5.69 Å². The van der Waals surface area contributed by atoms with Crippen LogP contribution in [0.1, 0.15) is 15.9 Å². The quantitative estimate of drug-likeness (QED) is 0.596. The molecule has 0 aliphatic rings. The molecule has 1 amide bonds. The predicted molar refractivity (Wildman–Crippen MR) is 103 cm³/mol. The van der Waals surface area contributed by atoms with E-state index in [2.05, 4.69) is 26.7 Å². The highest BCUT2D eigenvalue weighted by molar-refractivity contribution is 6.04. The number of hydrogen-bond acceptors (Lipinski definition) is 5. The number of nitriles is 1. The molecule has 136 valence electrons. The molecule has 1 N–H and O–H groups in total. The highest BCUT2D eigenvalue weighted by Crippen LogP contribution is 2.18. The van der Waals surface area contributed by atoms with E-state index < -0.39 is 0 Å². The molecule has 0 fully saturated rings. The summed E-state index contributed by atoms with van der Waals surface area (Å²) in [4.78, 5) is 16.7. The van der Waals surface area contributed by atoms with E-state index in [0.29, 0.717) is 28.2 Å². The molecule has 2 aromatic carbocycles. The fraction of sp³-hybridized carbons (Fsp3) is 0.0500. The molecule has 0 atom stereocenters. The Morgan fingerprint density at radius 3 is 2.82 bits per heavy atom. The second-order valence-electron chi connectivity index (χ2n) is 6.14. The molecule has 0 radical (unpaired) electrons. The molecule has 0 saturated carbocycles. The minimum Gasteiger partial charge on any atom is -0.332 e. The molecule has 8 heteroatoms. The third-order valence-corrected chi connectivity index (χ3v) is 4.19. The van der Waals surface area contributed by atoms with Crippen molar-refractivity contribution >= 4 is 11.6 Å². The Bertz CT molecular complexity index is 1200. The predicted octanol–water partition coefficient (Wildman–Crippen LogP) is 2.79. The zero-order valence-electron chi connectivity index (χ0n) is 14.9. The zero-order chi connectivity index (χ0) is 19.5. The van der Waals surface area contributed by atoms with Gasteiger partial charge >= 0.3 is 0 Å². The molecular weight excluding hydrogens is 354 g/mol. The second-order valence-corrected chi connectivity index (χ2v) is 6.14. The van der Waals surface area contributed by atoms with Crippen LogP contribution < -0.4 is 5.32 Å². The number of carbonyl (C=O) groups is 1. The van der Waals surface area contributed by atoms with E-state index in [1.807, 2.05) is 17.7 Å². The van der Waals surface area contributed by atoms with Gasteiger partial charge < -0.3 is 9.88 Å². The summed E-state index contributed by atoms with van der Waals surface area (Å²) in [6, 6.07) is 15.9. The van der Waals surface area contributed by atoms with Crippen LogP contribution >= 0.6 is 0 Å². The molecule has 8 nitrogen and oxygen atoms in total. The average molecular weight is 369 g/mol. The normalized spacial score (nSPS) is 10.4. The van der Waals surface area contributed by atoms with E-state index in [4.69, 9.17) is 5.26 Å². The number of carbonyl (C=O) groups excluding carboxylic acids is 1. The first-order valence-corrected chi connectivity index (χ1v) is 8.45. The average Bonchev–Trinajstić information content (AvgIpc) is 3.37. The van der Waals surface area contributed by atoms with E-state index in [1.54, 1.807) is 65.9 Å².